The van der Waals surface area contributed by atoms with E-state index < -0.39 is 0 Å². The first-order valence-electron chi connectivity index (χ1n) is 5.24. The molecule has 0 N–H and O–H groups in total. The van der Waals surface area contributed by atoms with Crippen LogP contribution in [-0.4, -0.2) is 5.78 Å². The highest BCUT2D eigenvalue weighted by Gasteiger charge is 2.04. The summed E-state index contributed by atoms with van der Waals surface area (Å²) >= 11 is 0. The Balaban J connectivity index is 2.36. The molecule has 0 aliphatic heterocycles. The molecule has 0 aliphatic rings. The van der Waals surface area contributed by atoms with Crippen LogP contribution < -0.4 is 0 Å². The van der Waals surface area contributed by atoms with Gasteiger partial charge < -0.3 is 4.79 Å². The van der Waals surface area contributed by atoms with Crippen molar-refractivity contribution in [1.29, 1.82) is 0 Å². The van der Waals surface area contributed by atoms with E-state index in [1.807, 2.05) is 6.07 Å². The average molecular weight is 190 g/mol. The topological polar surface area (TPSA) is 17.1 Å². The van der Waals surface area contributed by atoms with Crippen LogP contribution in [0.2, 0.25) is 0 Å². The summed E-state index contributed by atoms with van der Waals surface area (Å²) in [5.74, 6) is 0.862. The van der Waals surface area contributed by atoms with Gasteiger partial charge in [-0.25, -0.2) is 0 Å². The summed E-state index contributed by atoms with van der Waals surface area (Å²) in [6.07, 6.45) is 2.83. The molecule has 0 heterocycles. The third kappa shape index (κ3) is 3.73. The van der Waals surface area contributed by atoms with Crippen molar-refractivity contribution in [1.82, 2.24) is 0 Å². The maximum absolute atomic E-state index is 10.8. The Bertz CT molecular complexity index is 277. The molecule has 0 fully saturated rings. The molecule has 0 unspecified atom stereocenters. The zero-order valence-electron chi connectivity index (χ0n) is 8.99. The molecule has 0 aliphatic carbocycles. The zero-order valence-corrected chi connectivity index (χ0v) is 8.99. The van der Waals surface area contributed by atoms with Gasteiger partial charge in [-0.05, 0) is 31.2 Å². The SMILES string of the molecule is CC(=O)CCC[C@H](C)c1ccccc1. The van der Waals surface area contributed by atoms with E-state index in [1.165, 1.54) is 5.56 Å². The van der Waals surface area contributed by atoms with E-state index in [1.54, 1.807) is 6.92 Å². The van der Waals surface area contributed by atoms with Crippen LogP contribution in [0.1, 0.15) is 44.6 Å². The largest absolute Gasteiger partial charge is 0.300 e. The third-order valence-electron chi connectivity index (χ3n) is 2.53. The lowest BCUT2D eigenvalue weighted by molar-refractivity contribution is -0.117. The van der Waals surface area contributed by atoms with Gasteiger partial charge in [0, 0.05) is 6.42 Å². The first-order valence-corrected chi connectivity index (χ1v) is 5.24. The Kier molecular flexibility index (Phi) is 4.37. The van der Waals surface area contributed by atoms with Gasteiger partial charge in [0.25, 0.3) is 0 Å². The van der Waals surface area contributed by atoms with Crippen LogP contribution >= 0.6 is 0 Å². The molecule has 1 atom stereocenters. The fraction of sp³-hybridized carbons (Fsp3) is 0.462. The van der Waals surface area contributed by atoms with E-state index in [4.69, 9.17) is 0 Å². The van der Waals surface area contributed by atoms with E-state index in [-0.39, 0.29) is 0 Å². The molecule has 76 valence electrons. The monoisotopic (exact) mass is 190 g/mol. The number of carbonyl (C=O) groups is 1. The van der Waals surface area contributed by atoms with Gasteiger partial charge in [0.1, 0.15) is 5.78 Å². The van der Waals surface area contributed by atoms with E-state index in [9.17, 15) is 4.79 Å². The van der Waals surface area contributed by atoms with Crippen molar-refractivity contribution in [2.24, 2.45) is 0 Å². The molecule has 0 aromatic heterocycles. The summed E-state index contributed by atoms with van der Waals surface area (Å²) in [6, 6.07) is 10.5. The fourth-order valence-corrected chi connectivity index (χ4v) is 1.61. The summed E-state index contributed by atoms with van der Waals surface area (Å²) in [5, 5.41) is 0. The number of hydrogen-bond acceptors (Lipinski definition) is 1. The maximum Gasteiger partial charge on any atom is 0.129 e. The molecular weight excluding hydrogens is 172 g/mol. The van der Waals surface area contributed by atoms with Crippen molar-refractivity contribution < 1.29 is 4.79 Å². The number of Topliss-reactive ketones (excluding diaryl/α,β-unsaturated/α-hetero) is 1. The highest BCUT2D eigenvalue weighted by molar-refractivity contribution is 5.75. The molecule has 1 aromatic carbocycles. The molecule has 1 heteroatoms. The molecule has 0 spiro atoms. The highest BCUT2D eigenvalue weighted by atomic mass is 16.1. The second-order valence-electron chi connectivity index (χ2n) is 3.91. The Hall–Kier alpha value is -1.11. The first-order chi connectivity index (χ1) is 6.70. The Morgan fingerprint density at radius 3 is 2.50 bits per heavy atom. The van der Waals surface area contributed by atoms with E-state index in [2.05, 4.69) is 31.2 Å². The van der Waals surface area contributed by atoms with Crippen molar-refractivity contribution in [2.45, 2.75) is 39.0 Å². The van der Waals surface area contributed by atoms with Crippen LogP contribution in [0.3, 0.4) is 0 Å². The second-order valence-corrected chi connectivity index (χ2v) is 3.91. The number of ketones is 1. The number of hydrogen-bond donors (Lipinski definition) is 0. The Labute approximate surface area is 86.1 Å². The molecule has 0 saturated carbocycles. The summed E-state index contributed by atoms with van der Waals surface area (Å²) in [5.41, 5.74) is 1.37. The van der Waals surface area contributed by atoms with Gasteiger partial charge in [0.2, 0.25) is 0 Å². The van der Waals surface area contributed by atoms with Crippen LogP contribution in [0.15, 0.2) is 30.3 Å². The van der Waals surface area contributed by atoms with E-state index in [0.29, 0.717) is 11.7 Å². The quantitative estimate of drug-likeness (QED) is 0.694. The Morgan fingerprint density at radius 1 is 1.29 bits per heavy atom. The highest BCUT2D eigenvalue weighted by Crippen LogP contribution is 2.20. The van der Waals surface area contributed by atoms with Crippen molar-refractivity contribution in [3.8, 4) is 0 Å². The van der Waals surface area contributed by atoms with Crippen molar-refractivity contribution in [3.05, 3.63) is 35.9 Å². The van der Waals surface area contributed by atoms with Gasteiger partial charge in [-0.2, -0.15) is 0 Å². The average Bonchev–Trinajstić information content (AvgIpc) is 2.18. The Morgan fingerprint density at radius 2 is 1.93 bits per heavy atom. The summed E-state index contributed by atoms with van der Waals surface area (Å²) in [6.45, 7) is 3.88. The van der Waals surface area contributed by atoms with Crippen LogP contribution in [-0.2, 0) is 4.79 Å². The molecule has 0 bridgehead atoms. The lowest BCUT2D eigenvalue weighted by atomic mass is 9.95. The molecule has 14 heavy (non-hydrogen) atoms. The normalized spacial score (nSPS) is 12.4. The molecule has 1 aromatic rings. The van der Waals surface area contributed by atoms with Gasteiger partial charge in [-0.1, -0.05) is 37.3 Å². The lowest BCUT2D eigenvalue weighted by Crippen LogP contribution is -1.96. The third-order valence-corrected chi connectivity index (χ3v) is 2.53. The van der Waals surface area contributed by atoms with Crippen LogP contribution in [0.25, 0.3) is 0 Å². The first kappa shape index (κ1) is 11.0. The number of benzene rings is 1. The van der Waals surface area contributed by atoms with Crippen LogP contribution in [0.5, 0.6) is 0 Å². The molecular formula is C13H18O. The summed E-state index contributed by atoms with van der Waals surface area (Å²) < 4.78 is 0. The van der Waals surface area contributed by atoms with Crippen molar-refractivity contribution in [2.75, 3.05) is 0 Å². The second kappa shape index (κ2) is 5.58. The standard InChI is InChI=1S/C13H18O/c1-11(7-6-8-12(2)14)13-9-4-3-5-10-13/h3-5,9-11H,6-8H2,1-2H3/t11-/m0/s1. The van der Waals surface area contributed by atoms with Gasteiger partial charge in [-0.15, -0.1) is 0 Å². The van der Waals surface area contributed by atoms with Crippen LogP contribution in [0, 0.1) is 0 Å². The lowest BCUT2D eigenvalue weighted by Gasteiger charge is -2.10. The predicted octanol–water partition coefficient (Wildman–Crippen LogP) is 3.55. The maximum atomic E-state index is 10.8. The van der Waals surface area contributed by atoms with Gasteiger partial charge in [0.15, 0.2) is 0 Å². The minimum absolute atomic E-state index is 0.297. The van der Waals surface area contributed by atoms with Crippen molar-refractivity contribution >= 4 is 5.78 Å². The summed E-state index contributed by atoms with van der Waals surface area (Å²) in [7, 11) is 0. The van der Waals surface area contributed by atoms with Gasteiger partial charge >= 0.3 is 0 Å². The molecule has 0 radical (unpaired) electrons. The molecule has 0 saturated heterocycles. The number of rotatable bonds is 5. The number of carbonyl (C=O) groups excluding carboxylic acids is 1. The van der Waals surface area contributed by atoms with Gasteiger partial charge in [-0.3, -0.25) is 0 Å². The van der Waals surface area contributed by atoms with E-state index >= 15 is 0 Å². The zero-order chi connectivity index (χ0) is 10.4. The minimum atomic E-state index is 0.297. The predicted molar refractivity (Wildman–Crippen MR) is 59.4 cm³/mol. The van der Waals surface area contributed by atoms with E-state index in [0.717, 1.165) is 19.3 Å². The summed E-state index contributed by atoms with van der Waals surface area (Å²) in [4.78, 5) is 10.8. The fourth-order valence-electron chi connectivity index (χ4n) is 1.61. The van der Waals surface area contributed by atoms with Crippen molar-refractivity contribution in [3.63, 3.8) is 0 Å². The molecule has 0 amide bonds. The minimum Gasteiger partial charge on any atom is -0.300 e. The van der Waals surface area contributed by atoms with Crippen LogP contribution in [0.4, 0.5) is 0 Å². The molecule has 1 nitrogen and oxygen atoms in total. The smallest absolute Gasteiger partial charge is 0.129 e. The molecule has 1 rings (SSSR count). The van der Waals surface area contributed by atoms with Gasteiger partial charge in [0.05, 0.1) is 0 Å².